The van der Waals surface area contributed by atoms with E-state index in [-0.39, 0.29) is 30.2 Å². The van der Waals surface area contributed by atoms with Crippen molar-refractivity contribution in [1.29, 1.82) is 0 Å². The number of benzene rings is 2. The number of carboxylic acid groups (broad SMARTS) is 2. The van der Waals surface area contributed by atoms with Crippen LogP contribution in [0.15, 0.2) is 48.7 Å². The summed E-state index contributed by atoms with van der Waals surface area (Å²) in [5, 5.41) is 19.0. The van der Waals surface area contributed by atoms with Gasteiger partial charge in [-0.05, 0) is 101 Å². The first-order valence-electron chi connectivity index (χ1n) is 18.3. The number of nitrogens with one attached hydrogen (secondary N) is 2. The minimum atomic E-state index is -5.08. The molecule has 0 spiro atoms. The van der Waals surface area contributed by atoms with Crippen molar-refractivity contribution in [3.05, 3.63) is 64.8 Å². The minimum absolute atomic E-state index is 0.0786. The zero-order chi connectivity index (χ0) is 42.4. The summed E-state index contributed by atoms with van der Waals surface area (Å²) < 4.78 is 60.7. The van der Waals surface area contributed by atoms with Gasteiger partial charge in [0.15, 0.2) is 0 Å². The smallest absolute Gasteiger partial charge is 0.483 e. The molecule has 0 saturated carbocycles. The van der Waals surface area contributed by atoms with E-state index >= 15 is 0 Å². The van der Waals surface area contributed by atoms with Crippen LogP contribution in [-0.4, -0.2) is 133 Å². The molecule has 3 aliphatic rings. The molecule has 3 aliphatic heterocycles. The van der Waals surface area contributed by atoms with E-state index in [2.05, 4.69) is 47.2 Å². The molecule has 316 valence electrons. The number of aromatic nitrogens is 1. The van der Waals surface area contributed by atoms with E-state index in [1.807, 2.05) is 52.4 Å². The first kappa shape index (κ1) is 46.8. The number of H-pyrrole nitrogens is 1. The number of anilines is 1. The van der Waals surface area contributed by atoms with Gasteiger partial charge in [0.25, 0.3) is 6.47 Å². The van der Waals surface area contributed by atoms with E-state index < -0.39 is 24.9 Å². The average molecular weight is 835 g/mol. The standard InChI is InChI=1S/C34H45ClN6O2.C2HF3O2.CHF3.CH2O2/c1-23(29-20-36-30-9-5-4-8-28(29)30)32(37-34(43)40-16-12-27(13-17-40)39-14-6-7-15-39)33(42)41-22-24(21-38(2)3)18-25-19-26(35)10-11-31(25)41;3-2(4,5)1(6)7;2-1(3)4;2-1-3/h4-5,8-11,19-20,23-24,27,32,36H,6-7,12-18,21-22H2,1-3H3,(H,37,43);(H,6,7);1H;1H,(H,2,3)/t23?,24-,32?;;;/m1.../s1. The number of amides is 3. The molecule has 0 bridgehead atoms. The van der Waals surface area contributed by atoms with Gasteiger partial charge in [0.05, 0.1) is 0 Å². The highest BCUT2D eigenvalue weighted by Gasteiger charge is 2.39. The number of rotatable bonds is 7. The molecule has 12 nitrogen and oxygen atoms in total. The molecule has 1 aromatic heterocycles. The minimum Gasteiger partial charge on any atom is -0.483 e. The topological polar surface area (TPSA) is 150 Å². The van der Waals surface area contributed by atoms with Gasteiger partial charge in [-0.25, -0.2) is 9.59 Å². The third kappa shape index (κ3) is 13.8. The summed E-state index contributed by atoms with van der Waals surface area (Å²) in [5.41, 5.74) is 4.02. The lowest BCUT2D eigenvalue weighted by Gasteiger charge is -2.40. The second-order valence-corrected chi connectivity index (χ2v) is 14.6. The van der Waals surface area contributed by atoms with Crippen molar-refractivity contribution in [1.82, 2.24) is 25.0 Å². The van der Waals surface area contributed by atoms with Gasteiger partial charge in [-0.15, -0.1) is 0 Å². The lowest BCUT2D eigenvalue weighted by Crippen LogP contribution is -2.57. The Labute approximate surface area is 331 Å². The maximum Gasteiger partial charge on any atom is 0.490 e. The summed E-state index contributed by atoms with van der Waals surface area (Å²) in [7, 11) is 4.13. The number of aliphatic carboxylic acids is 1. The molecule has 0 aliphatic carbocycles. The Kier molecular flexibility index (Phi) is 17.9. The molecule has 3 amide bonds. The van der Waals surface area contributed by atoms with Gasteiger partial charge in [0.2, 0.25) is 5.91 Å². The van der Waals surface area contributed by atoms with Crippen molar-refractivity contribution >= 4 is 52.6 Å². The number of alkyl halides is 6. The Hall–Kier alpha value is -4.55. The third-order valence-electron chi connectivity index (χ3n) is 9.98. The number of hydrogen-bond donors (Lipinski definition) is 4. The molecule has 3 atom stereocenters. The average Bonchev–Trinajstić information content (AvgIpc) is 3.84. The summed E-state index contributed by atoms with van der Waals surface area (Å²) >= 11 is 6.42. The predicted molar refractivity (Wildman–Crippen MR) is 203 cm³/mol. The number of hydrogen-bond acceptors (Lipinski definition) is 6. The number of aromatic amines is 1. The monoisotopic (exact) mass is 834 g/mol. The van der Waals surface area contributed by atoms with Gasteiger partial charge in [-0.1, -0.05) is 36.7 Å². The molecule has 2 aromatic carbocycles. The Balaban J connectivity index is 0.000000537. The fourth-order valence-electron chi connectivity index (χ4n) is 7.54. The fraction of sp³-hybridized carbons (Fsp3) is 0.526. The summed E-state index contributed by atoms with van der Waals surface area (Å²) in [5.74, 6) is -2.83. The van der Waals surface area contributed by atoms with Gasteiger partial charge < -0.3 is 40.1 Å². The summed E-state index contributed by atoms with van der Waals surface area (Å²) in [4.78, 5) is 57.8. The number of nitrogens with zero attached hydrogens (tertiary/aromatic N) is 4. The highest BCUT2D eigenvalue weighted by Crippen LogP contribution is 2.35. The van der Waals surface area contributed by atoms with Crippen LogP contribution in [0.4, 0.5) is 36.8 Å². The lowest BCUT2D eigenvalue weighted by atomic mass is 9.88. The molecular weight excluding hydrogens is 786 g/mol. The molecule has 3 aromatic rings. The number of likely N-dealkylation sites (tertiary alicyclic amines) is 2. The number of piperidine rings is 1. The van der Waals surface area contributed by atoms with E-state index in [0.717, 1.165) is 53.5 Å². The van der Waals surface area contributed by atoms with E-state index in [4.69, 9.17) is 31.4 Å². The van der Waals surface area contributed by atoms with E-state index in [0.29, 0.717) is 30.7 Å². The van der Waals surface area contributed by atoms with Crippen molar-refractivity contribution in [3.63, 3.8) is 0 Å². The Morgan fingerprint density at radius 2 is 1.61 bits per heavy atom. The SMILES string of the molecule is CC(c1c[nH]c2ccccc12)C(NC(=O)N1CCC(N2CCCC2)CC1)C(=O)N1C[C@@H](CN(C)C)Cc2cc(Cl)ccc21.FC(F)F.O=C(O)C(F)(F)F.O=CO. The first-order chi connectivity index (χ1) is 26.9. The Bertz CT molecular complexity index is 1760. The number of para-hydroxylation sites is 1. The zero-order valence-corrected chi connectivity index (χ0v) is 32.6. The quantitative estimate of drug-likeness (QED) is 0.149. The van der Waals surface area contributed by atoms with Crippen molar-refractivity contribution in [2.24, 2.45) is 5.92 Å². The number of carbonyl (C=O) groups excluding carboxylic acids is 2. The number of carboxylic acids is 1. The molecule has 2 saturated heterocycles. The first-order valence-corrected chi connectivity index (χ1v) is 18.7. The van der Waals surface area contributed by atoms with Crippen LogP contribution >= 0.6 is 11.6 Å². The summed E-state index contributed by atoms with van der Waals surface area (Å²) in [6.45, 7) is 3.37. The zero-order valence-electron chi connectivity index (χ0n) is 31.8. The predicted octanol–water partition coefficient (Wildman–Crippen LogP) is 6.84. The van der Waals surface area contributed by atoms with Crippen molar-refractivity contribution in [2.45, 2.75) is 69.9 Å². The fourth-order valence-corrected chi connectivity index (χ4v) is 7.74. The van der Waals surface area contributed by atoms with Crippen LogP contribution in [-0.2, 0) is 20.8 Å². The molecule has 57 heavy (non-hydrogen) atoms. The highest BCUT2D eigenvalue weighted by atomic mass is 35.5. The van der Waals surface area contributed by atoms with Gasteiger partial charge in [0.1, 0.15) is 6.04 Å². The van der Waals surface area contributed by atoms with Gasteiger partial charge >= 0.3 is 24.9 Å². The van der Waals surface area contributed by atoms with E-state index in [9.17, 15) is 35.9 Å². The maximum absolute atomic E-state index is 14.7. The van der Waals surface area contributed by atoms with Crippen LogP contribution in [0.3, 0.4) is 0 Å². The molecule has 2 fully saturated rings. The molecule has 2 unspecified atom stereocenters. The summed E-state index contributed by atoms with van der Waals surface area (Å²) in [6, 6.07) is 13.6. The van der Waals surface area contributed by atoms with Crippen molar-refractivity contribution in [3.8, 4) is 0 Å². The Morgan fingerprint density at radius 1 is 1.04 bits per heavy atom. The van der Waals surface area contributed by atoms with Gasteiger partial charge in [0, 0.05) is 65.9 Å². The van der Waals surface area contributed by atoms with Crippen molar-refractivity contribution < 1.29 is 55.7 Å². The van der Waals surface area contributed by atoms with Crippen LogP contribution in [0.1, 0.15) is 49.7 Å². The molecular formula is C38H49ClF6N6O6. The number of urea groups is 1. The lowest BCUT2D eigenvalue weighted by molar-refractivity contribution is -0.192. The second-order valence-electron chi connectivity index (χ2n) is 14.2. The molecule has 4 heterocycles. The number of halogens is 7. The van der Waals surface area contributed by atoms with Crippen LogP contribution in [0.2, 0.25) is 5.02 Å². The number of fused-ring (bicyclic) bond motifs is 2. The van der Waals surface area contributed by atoms with Crippen LogP contribution < -0.4 is 10.2 Å². The summed E-state index contributed by atoms with van der Waals surface area (Å²) in [6.07, 6.45) is 2.28. The molecule has 0 radical (unpaired) electrons. The van der Waals surface area contributed by atoms with Gasteiger partial charge in [-0.3, -0.25) is 9.59 Å². The Morgan fingerprint density at radius 3 is 2.18 bits per heavy atom. The van der Waals surface area contributed by atoms with Crippen LogP contribution in [0.25, 0.3) is 10.9 Å². The van der Waals surface area contributed by atoms with E-state index in [1.54, 1.807) is 0 Å². The molecule has 6 rings (SSSR count). The maximum atomic E-state index is 14.7. The number of carbonyl (C=O) groups is 4. The van der Waals surface area contributed by atoms with Crippen molar-refractivity contribution in [2.75, 3.05) is 58.3 Å². The van der Waals surface area contributed by atoms with Crippen LogP contribution in [0.5, 0.6) is 0 Å². The highest BCUT2D eigenvalue weighted by molar-refractivity contribution is 6.30. The van der Waals surface area contributed by atoms with Crippen LogP contribution in [0, 0.1) is 5.92 Å². The molecule has 4 N–H and O–H groups in total. The molecule has 19 heteroatoms. The normalized spacial score (nSPS) is 18.3. The van der Waals surface area contributed by atoms with Gasteiger partial charge in [-0.2, -0.15) is 26.3 Å². The van der Waals surface area contributed by atoms with E-state index in [1.165, 1.54) is 25.9 Å². The third-order valence-corrected chi connectivity index (χ3v) is 10.2. The second kappa shape index (κ2) is 21.8. The largest absolute Gasteiger partial charge is 0.490 e.